The average molecular weight is 230 g/mol. The normalized spacial score (nSPS) is 9.73. The van der Waals surface area contributed by atoms with Crippen molar-refractivity contribution in [1.82, 2.24) is 4.98 Å². The Kier molecular flexibility index (Phi) is 3.62. The standard InChI is InChI=1S/C9H8ClNO4/c1-15-9(14)6-2-5(4-8(12)13)3-7(10)11-6/h2-3H,4H2,1H3,(H,12,13). The van der Waals surface area contributed by atoms with Crippen molar-refractivity contribution in [3.8, 4) is 0 Å². The van der Waals surface area contributed by atoms with E-state index in [2.05, 4.69) is 9.72 Å². The van der Waals surface area contributed by atoms with Gasteiger partial charge in [0, 0.05) is 0 Å². The summed E-state index contributed by atoms with van der Waals surface area (Å²) < 4.78 is 4.44. The lowest BCUT2D eigenvalue weighted by atomic mass is 10.1. The van der Waals surface area contributed by atoms with Gasteiger partial charge in [0.2, 0.25) is 0 Å². The van der Waals surface area contributed by atoms with Gasteiger partial charge in [-0.2, -0.15) is 0 Å². The van der Waals surface area contributed by atoms with Crippen molar-refractivity contribution in [1.29, 1.82) is 0 Å². The monoisotopic (exact) mass is 229 g/mol. The van der Waals surface area contributed by atoms with Crippen molar-refractivity contribution >= 4 is 23.5 Å². The van der Waals surface area contributed by atoms with Gasteiger partial charge in [0.15, 0.2) is 0 Å². The number of ether oxygens (including phenoxy) is 1. The summed E-state index contributed by atoms with van der Waals surface area (Å²) in [6.07, 6.45) is -0.216. The number of methoxy groups -OCH3 is 1. The number of carbonyl (C=O) groups excluding carboxylic acids is 1. The first-order valence-corrected chi connectivity index (χ1v) is 4.37. The van der Waals surface area contributed by atoms with E-state index >= 15 is 0 Å². The maximum atomic E-state index is 11.1. The number of nitrogens with zero attached hydrogens (tertiary/aromatic N) is 1. The fraction of sp³-hybridized carbons (Fsp3) is 0.222. The maximum absolute atomic E-state index is 11.1. The van der Waals surface area contributed by atoms with Gasteiger partial charge in [0.05, 0.1) is 13.5 Å². The molecule has 0 aliphatic rings. The maximum Gasteiger partial charge on any atom is 0.356 e. The number of aromatic nitrogens is 1. The molecule has 1 aromatic heterocycles. The number of rotatable bonds is 3. The number of carbonyl (C=O) groups is 2. The Morgan fingerprint density at radius 1 is 1.53 bits per heavy atom. The number of carboxylic acid groups (broad SMARTS) is 1. The molecule has 0 saturated carbocycles. The molecule has 5 nitrogen and oxygen atoms in total. The topological polar surface area (TPSA) is 76.5 Å². The molecule has 0 atom stereocenters. The van der Waals surface area contributed by atoms with Gasteiger partial charge in [0.1, 0.15) is 10.8 Å². The summed E-state index contributed by atoms with van der Waals surface area (Å²) >= 11 is 5.62. The van der Waals surface area contributed by atoms with Crippen LogP contribution in [0.2, 0.25) is 5.15 Å². The van der Waals surface area contributed by atoms with Crippen LogP contribution in [0, 0.1) is 0 Å². The Morgan fingerprint density at radius 2 is 2.20 bits per heavy atom. The van der Waals surface area contributed by atoms with Gasteiger partial charge in [-0.15, -0.1) is 0 Å². The lowest BCUT2D eigenvalue weighted by molar-refractivity contribution is -0.136. The fourth-order valence-corrected chi connectivity index (χ4v) is 1.27. The molecular weight excluding hydrogens is 222 g/mol. The number of pyridine rings is 1. The first-order chi connectivity index (χ1) is 7.02. The summed E-state index contributed by atoms with van der Waals surface area (Å²) in [6.45, 7) is 0. The molecule has 0 aliphatic heterocycles. The van der Waals surface area contributed by atoms with E-state index in [4.69, 9.17) is 16.7 Å². The van der Waals surface area contributed by atoms with E-state index in [-0.39, 0.29) is 17.3 Å². The largest absolute Gasteiger partial charge is 0.481 e. The fourth-order valence-electron chi connectivity index (χ4n) is 1.04. The van der Waals surface area contributed by atoms with Crippen LogP contribution in [0.25, 0.3) is 0 Å². The molecule has 6 heteroatoms. The van der Waals surface area contributed by atoms with Crippen LogP contribution in [0.3, 0.4) is 0 Å². The third-order valence-electron chi connectivity index (χ3n) is 1.60. The van der Waals surface area contributed by atoms with E-state index in [0.717, 1.165) is 0 Å². The minimum atomic E-state index is -1.01. The molecule has 0 saturated heterocycles. The molecule has 0 unspecified atom stereocenters. The van der Waals surface area contributed by atoms with Gasteiger partial charge < -0.3 is 9.84 Å². The van der Waals surface area contributed by atoms with E-state index in [1.807, 2.05) is 0 Å². The summed E-state index contributed by atoms with van der Waals surface area (Å²) in [7, 11) is 1.21. The zero-order chi connectivity index (χ0) is 11.4. The summed E-state index contributed by atoms with van der Waals surface area (Å²) in [4.78, 5) is 25.3. The van der Waals surface area contributed by atoms with Crippen molar-refractivity contribution in [2.45, 2.75) is 6.42 Å². The molecule has 1 N–H and O–H groups in total. The van der Waals surface area contributed by atoms with Crippen LogP contribution in [-0.4, -0.2) is 29.1 Å². The van der Waals surface area contributed by atoms with Crippen molar-refractivity contribution in [2.24, 2.45) is 0 Å². The van der Waals surface area contributed by atoms with Crippen LogP contribution in [-0.2, 0) is 16.0 Å². The smallest absolute Gasteiger partial charge is 0.356 e. The number of hydrogen-bond acceptors (Lipinski definition) is 4. The summed E-state index contributed by atoms with van der Waals surface area (Å²) in [5.41, 5.74) is 0.407. The molecule has 0 bridgehead atoms. The quantitative estimate of drug-likeness (QED) is 0.622. The van der Waals surface area contributed by atoms with Crippen LogP contribution in [0.15, 0.2) is 12.1 Å². The molecule has 0 aliphatic carbocycles. The third kappa shape index (κ3) is 3.21. The Hall–Kier alpha value is -1.62. The van der Waals surface area contributed by atoms with Crippen molar-refractivity contribution in [2.75, 3.05) is 7.11 Å². The third-order valence-corrected chi connectivity index (χ3v) is 1.80. The zero-order valence-electron chi connectivity index (χ0n) is 7.86. The van der Waals surface area contributed by atoms with Gasteiger partial charge >= 0.3 is 11.9 Å². The first-order valence-electron chi connectivity index (χ1n) is 3.99. The van der Waals surface area contributed by atoms with Crippen molar-refractivity contribution < 1.29 is 19.4 Å². The zero-order valence-corrected chi connectivity index (χ0v) is 8.61. The Labute approximate surface area is 90.6 Å². The highest BCUT2D eigenvalue weighted by Crippen LogP contribution is 2.12. The summed E-state index contributed by atoms with van der Waals surface area (Å²) in [5.74, 6) is -1.66. The summed E-state index contributed by atoms with van der Waals surface area (Å²) in [6, 6.07) is 2.73. The number of esters is 1. The molecule has 1 heterocycles. The first kappa shape index (κ1) is 11.5. The molecule has 0 aromatic carbocycles. The lowest BCUT2D eigenvalue weighted by Gasteiger charge is -2.02. The number of aliphatic carboxylic acids is 1. The Balaban J connectivity index is 3.04. The highest BCUT2D eigenvalue weighted by Gasteiger charge is 2.11. The lowest BCUT2D eigenvalue weighted by Crippen LogP contribution is -2.07. The van der Waals surface area contributed by atoms with Gasteiger partial charge in [-0.3, -0.25) is 4.79 Å². The van der Waals surface area contributed by atoms with Crippen LogP contribution >= 0.6 is 11.6 Å². The molecule has 1 aromatic rings. The Morgan fingerprint density at radius 3 is 2.73 bits per heavy atom. The van der Waals surface area contributed by atoms with Gasteiger partial charge in [-0.1, -0.05) is 11.6 Å². The van der Waals surface area contributed by atoms with Crippen LogP contribution in [0.1, 0.15) is 16.1 Å². The molecule has 0 amide bonds. The summed E-state index contributed by atoms with van der Waals surface area (Å²) in [5, 5.41) is 8.63. The average Bonchev–Trinajstić information content (AvgIpc) is 2.14. The van der Waals surface area contributed by atoms with Crippen molar-refractivity contribution in [3.05, 3.63) is 28.5 Å². The molecule has 0 spiro atoms. The predicted molar refractivity (Wildman–Crippen MR) is 51.9 cm³/mol. The van der Waals surface area contributed by atoms with Crippen molar-refractivity contribution in [3.63, 3.8) is 0 Å². The second-order valence-corrected chi connectivity index (χ2v) is 3.13. The number of halogens is 1. The van der Waals surface area contributed by atoms with Gasteiger partial charge in [-0.05, 0) is 17.7 Å². The Bertz CT molecular complexity index is 405. The minimum Gasteiger partial charge on any atom is -0.481 e. The predicted octanol–water partition coefficient (Wildman–Crippen LogP) is 1.15. The SMILES string of the molecule is COC(=O)c1cc(CC(=O)O)cc(Cl)n1. The molecule has 1 rings (SSSR count). The van der Waals surface area contributed by atoms with Crippen LogP contribution < -0.4 is 0 Å². The molecule has 0 fully saturated rings. The van der Waals surface area contributed by atoms with E-state index in [1.165, 1.54) is 19.2 Å². The highest BCUT2D eigenvalue weighted by molar-refractivity contribution is 6.29. The number of hydrogen-bond donors (Lipinski definition) is 1. The minimum absolute atomic E-state index is 0.00116. The second kappa shape index (κ2) is 4.75. The van der Waals surface area contributed by atoms with Crippen LogP contribution in [0.5, 0.6) is 0 Å². The van der Waals surface area contributed by atoms with E-state index in [0.29, 0.717) is 5.56 Å². The van der Waals surface area contributed by atoms with Crippen LogP contribution in [0.4, 0.5) is 0 Å². The molecule has 0 radical (unpaired) electrons. The molecular formula is C9H8ClNO4. The van der Waals surface area contributed by atoms with Gasteiger partial charge in [-0.25, -0.2) is 9.78 Å². The molecule has 15 heavy (non-hydrogen) atoms. The number of carboxylic acids is 1. The van der Waals surface area contributed by atoms with Gasteiger partial charge in [0.25, 0.3) is 0 Å². The molecule has 80 valence electrons. The van der Waals surface area contributed by atoms with E-state index in [9.17, 15) is 9.59 Å². The highest BCUT2D eigenvalue weighted by atomic mass is 35.5. The van der Waals surface area contributed by atoms with E-state index in [1.54, 1.807) is 0 Å². The van der Waals surface area contributed by atoms with E-state index < -0.39 is 11.9 Å². The second-order valence-electron chi connectivity index (χ2n) is 2.75.